The van der Waals surface area contributed by atoms with E-state index in [1.807, 2.05) is 0 Å². The van der Waals surface area contributed by atoms with Crippen molar-refractivity contribution in [3.8, 4) is 0 Å². The van der Waals surface area contributed by atoms with Crippen LogP contribution in [-0.4, -0.2) is 6.54 Å². The second-order valence-corrected chi connectivity index (χ2v) is 6.54. The molecular weight excluding hydrogens is 230 g/mol. The third kappa shape index (κ3) is 3.39. The topological polar surface area (TPSA) is 12.0 Å². The van der Waals surface area contributed by atoms with E-state index in [2.05, 4.69) is 45.1 Å². The lowest BCUT2D eigenvalue weighted by Crippen LogP contribution is -2.31. The molecule has 0 saturated heterocycles. The molecule has 1 nitrogen and oxygen atoms in total. The zero-order chi connectivity index (χ0) is 13.9. The Balaban J connectivity index is 1.96. The Morgan fingerprint density at radius 2 is 1.63 bits per heavy atom. The molecule has 0 atom stereocenters. The third-order valence-electron chi connectivity index (χ3n) is 5.06. The summed E-state index contributed by atoms with van der Waals surface area (Å²) in [7, 11) is 0. The summed E-state index contributed by atoms with van der Waals surface area (Å²) in [5.74, 6) is 0. The molecule has 1 aromatic rings. The van der Waals surface area contributed by atoms with Crippen molar-refractivity contribution in [2.45, 2.75) is 66.3 Å². The minimum absolute atomic E-state index is 0.590. The van der Waals surface area contributed by atoms with Gasteiger partial charge in [0.05, 0.1) is 0 Å². The molecule has 1 fully saturated rings. The van der Waals surface area contributed by atoms with Gasteiger partial charge in [0.15, 0.2) is 0 Å². The van der Waals surface area contributed by atoms with Gasteiger partial charge >= 0.3 is 0 Å². The standard InChI is InChI=1S/C18H29N/c1-5-18(8-6-7-9-18)13-19-12-17-15(3)10-14(2)11-16(17)4/h10-11,19H,5-9,12-13H2,1-4H3. The fourth-order valence-electron chi connectivity index (χ4n) is 3.72. The van der Waals surface area contributed by atoms with Gasteiger partial charge in [-0.3, -0.25) is 0 Å². The predicted octanol–water partition coefficient (Wildman–Crippen LogP) is 4.67. The second-order valence-electron chi connectivity index (χ2n) is 6.54. The first-order valence-corrected chi connectivity index (χ1v) is 7.84. The molecule has 0 radical (unpaired) electrons. The largest absolute Gasteiger partial charge is 0.312 e. The molecule has 19 heavy (non-hydrogen) atoms. The molecular formula is C18H29N. The number of nitrogens with one attached hydrogen (secondary N) is 1. The van der Waals surface area contributed by atoms with Crippen molar-refractivity contribution in [3.63, 3.8) is 0 Å². The number of hydrogen-bond acceptors (Lipinski definition) is 1. The highest BCUT2D eigenvalue weighted by Crippen LogP contribution is 2.40. The van der Waals surface area contributed by atoms with Crippen LogP contribution >= 0.6 is 0 Å². The molecule has 0 aromatic heterocycles. The smallest absolute Gasteiger partial charge is 0.0210 e. The number of benzene rings is 1. The molecule has 0 heterocycles. The summed E-state index contributed by atoms with van der Waals surface area (Å²) >= 11 is 0. The molecule has 0 unspecified atom stereocenters. The van der Waals surface area contributed by atoms with Gasteiger partial charge in [-0.05, 0) is 62.1 Å². The van der Waals surface area contributed by atoms with E-state index in [0.717, 1.165) is 6.54 Å². The molecule has 1 saturated carbocycles. The maximum atomic E-state index is 3.74. The van der Waals surface area contributed by atoms with Gasteiger partial charge < -0.3 is 5.32 Å². The summed E-state index contributed by atoms with van der Waals surface area (Å²) < 4.78 is 0. The highest BCUT2D eigenvalue weighted by Gasteiger charge is 2.31. The normalized spacial score (nSPS) is 17.9. The molecule has 1 aromatic carbocycles. The third-order valence-corrected chi connectivity index (χ3v) is 5.06. The molecule has 0 amide bonds. The summed E-state index contributed by atoms with van der Waals surface area (Å²) in [6, 6.07) is 4.60. The summed E-state index contributed by atoms with van der Waals surface area (Å²) in [6.45, 7) is 11.2. The summed E-state index contributed by atoms with van der Waals surface area (Å²) in [5, 5.41) is 3.74. The van der Waals surface area contributed by atoms with Crippen LogP contribution in [0.4, 0.5) is 0 Å². The van der Waals surface area contributed by atoms with E-state index in [1.54, 1.807) is 0 Å². The fraction of sp³-hybridized carbons (Fsp3) is 0.667. The Hall–Kier alpha value is -0.820. The van der Waals surface area contributed by atoms with Crippen molar-refractivity contribution >= 4 is 0 Å². The molecule has 0 bridgehead atoms. The summed E-state index contributed by atoms with van der Waals surface area (Å²) in [4.78, 5) is 0. The Morgan fingerprint density at radius 1 is 1.05 bits per heavy atom. The van der Waals surface area contributed by atoms with Crippen LogP contribution in [0.15, 0.2) is 12.1 Å². The van der Waals surface area contributed by atoms with Crippen LogP contribution in [0.25, 0.3) is 0 Å². The van der Waals surface area contributed by atoms with Crippen LogP contribution in [0, 0.1) is 26.2 Å². The van der Waals surface area contributed by atoms with E-state index in [-0.39, 0.29) is 0 Å². The van der Waals surface area contributed by atoms with E-state index in [9.17, 15) is 0 Å². The minimum Gasteiger partial charge on any atom is -0.312 e. The lowest BCUT2D eigenvalue weighted by Gasteiger charge is -2.28. The quantitative estimate of drug-likeness (QED) is 0.810. The van der Waals surface area contributed by atoms with Gasteiger partial charge in [-0.2, -0.15) is 0 Å². The average molecular weight is 259 g/mol. The average Bonchev–Trinajstić information content (AvgIpc) is 2.82. The zero-order valence-electron chi connectivity index (χ0n) is 13.1. The van der Waals surface area contributed by atoms with Gasteiger partial charge in [-0.1, -0.05) is 37.5 Å². The van der Waals surface area contributed by atoms with E-state index in [0.29, 0.717) is 5.41 Å². The van der Waals surface area contributed by atoms with E-state index < -0.39 is 0 Å². The SMILES string of the molecule is CCC1(CNCc2c(C)cc(C)cc2C)CCCC1. The van der Waals surface area contributed by atoms with Crippen LogP contribution in [0.5, 0.6) is 0 Å². The van der Waals surface area contributed by atoms with Gasteiger partial charge in [0.1, 0.15) is 0 Å². The molecule has 106 valence electrons. The molecule has 1 N–H and O–H groups in total. The molecule has 0 aliphatic heterocycles. The van der Waals surface area contributed by atoms with Gasteiger partial charge in [0.2, 0.25) is 0 Å². The Morgan fingerprint density at radius 3 is 2.16 bits per heavy atom. The summed E-state index contributed by atoms with van der Waals surface area (Å²) in [5.41, 5.74) is 6.32. The number of aryl methyl sites for hydroxylation is 3. The van der Waals surface area contributed by atoms with Crippen LogP contribution in [-0.2, 0) is 6.54 Å². The van der Waals surface area contributed by atoms with E-state index in [4.69, 9.17) is 0 Å². The van der Waals surface area contributed by atoms with Gasteiger partial charge in [-0.25, -0.2) is 0 Å². The zero-order valence-corrected chi connectivity index (χ0v) is 13.1. The first-order chi connectivity index (χ1) is 9.06. The van der Waals surface area contributed by atoms with Crippen LogP contribution in [0.2, 0.25) is 0 Å². The monoisotopic (exact) mass is 259 g/mol. The highest BCUT2D eigenvalue weighted by molar-refractivity contribution is 5.37. The lowest BCUT2D eigenvalue weighted by molar-refractivity contribution is 0.268. The van der Waals surface area contributed by atoms with Crippen molar-refractivity contribution in [3.05, 3.63) is 34.4 Å². The van der Waals surface area contributed by atoms with Crippen LogP contribution < -0.4 is 5.32 Å². The van der Waals surface area contributed by atoms with Crippen molar-refractivity contribution in [1.29, 1.82) is 0 Å². The fourth-order valence-corrected chi connectivity index (χ4v) is 3.72. The van der Waals surface area contributed by atoms with Crippen LogP contribution in [0.3, 0.4) is 0 Å². The lowest BCUT2D eigenvalue weighted by atomic mass is 9.83. The maximum Gasteiger partial charge on any atom is 0.0210 e. The predicted molar refractivity (Wildman–Crippen MR) is 83.6 cm³/mol. The molecule has 1 aliphatic rings. The Bertz CT molecular complexity index is 404. The number of rotatable bonds is 5. The number of hydrogen-bond donors (Lipinski definition) is 1. The van der Waals surface area contributed by atoms with Gasteiger partial charge in [-0.15, -0.1) is 0 Å². The van der Waals surface area contributed by atoms with Gasteiger partial charge in [0.25, 0.3) is 0 Å². The van der Waals surface area contributed by atoms with Gasteiger partial charge in [0, 0.05) is 13.1 Å². The van der Waals surface area contributed by atoms with Crippen molar-refractivity contribution in [1.82, 2.24) is 5.32 Å². The molecule has 1 aliphatic carbocycles. The second kappa shape index (κ2) is 6.09. The van der Waals surface area contributed by atoms with E-state index >= 15 is 0 Å². The highest BCUT2D eigenvalue weighted by atomic mass is 14.9. The van der Waals surface area contributed by atoms with Crippen molar-refractivity contribution < 1.29 is 0 Å². The first-order valence-electron chi connectivity index (χ1n) is 7.84. The van der Waals surface area contributed by atoms with Crippen molar-refractivity contribution in [2.24, 2.45) is 5.41 Å². The summed E-state index contributed by atoms with van der Waals surface area (Å²) in [6.07, 6.45) is 7.02. The molecule has 0 spiro atoms. The van der Waals surface area contributed by atoms with Crippen molar-refractivity contribution in [2.75, 3.05) is 6.54 Å². The maximum absolute atomic E-state index is 3.74. The van der Waals surface area contributed by atoms with E-state index in [1.165, 1.54) is 60.9 Å². The minimum atomic E-state index is 0.590. The Labute approximate surface area is 118 Å². The molecule has 2 rings (SSSR count). The first kappa shape index (κ1) is 14.6. The van der Waals surface area contributed by atoms with Crippen LogP contribution in [0.1, 0.15) is 61.3 Å². The molecule has 1 heteroatoms. The Kier molecular flexibility index (Phi) is 4.67.